The lowest BCUT2D eigenvalue weighted by molar-refractivity contribution is 0.340. The van der Waals surface area contributed by atoms with Crippen LogP contribution >= 0.6 is 0 Å². The minimum absolute atomic E-state index is 0.0609. The van der Waals surface area contributed by atoms with Gasteiger partial charge >= 0.3 is 5.69 Å². The van der Waals surface area contributed by atoms with Crippen molar-refractivity contribution < 1.29 is 13.2 Å². The number of hydrogen-bond donors (Lipinski definition) is 1. The van der Waals surface area contributed by atoms with Crippen LogP contribution < -0.4 is 15.1 Å². The lowest BCUT2D eigenvalue weighted by Gasteiger charge is -2.08. The minimum atomic E-state index is -3.69. The third-order valence-electron chi connectivity index (χ3n) is 4.88. The summed E-state index contributed by atoms with van der Waals surface area (Å²) in [5.74, 6) is 1.63. The molecule has 0 atom stereocenters. The molecule has 0 bridgehead atoms. The number of nitrogens with one attached hydrogen (secondary N) is 1. The molecule has 4 rings (SSSR count). The van der Waals surface area contributed by atoms with Gasteiger partial charge < -0.3 is 4.74 Å². The maximum Gasteiger partial charge on any atom is 0.350 e. The Morgan fingerprint density at radius 3 is 2.43 bits per heavy atom. The molecule has 0 saturated heterocycles. The molecule has 1 fully saturated rings. The molecular formula is C21H24N4O4S. The summed E-state index contributed by atoms with van der Waals surface area (Å²) < 4.78 is 35.9. The molecule has 2 aromatic carbocycles. The van der Waals surface area contributed by atoms with Gasteiger partial charge in [0.25, 0.3) is 0 Å². The van der Waals surface area contributed by atoms with Crippen molar-refractivity contribution in [1.82, 2.24) is 19.1 Å². The topological polar surface area (TPSA) is 95.2 Å². The fourth-order valence-corrected chi connectivity index (χ4v) is 4.27. The molecule has 1 aliphatic carbocycles. The number of para-hydroxylation sites is 1. The largest absolute Gasteiger partial charge is 0.494 e. The molecule has 30 heavy (non-hydrogen) atoms. The zero-order chi connectivity index (χ0) is 21.1. The van der Waals surface area contributed by atoms with E-state index >= 15 is 0 Å². The molecule has 0 aliphatic heterocycles. The average Bonchev–Trinajstić information content (AvgIpc) is 3.54. The highest BCUT2D eigenvalue weighted by Crippen LogP contribution is 2.39. The lowest BCUT2D eigenvalue weighted by Crippen LogP contribution is -2.32. The Bertz CT molecular complexity index is 1160. The van der Waals surface area contributed by atoms with Crippen LogP contribution in [-0.2, 0) is 16.6 Å². The molecule has 1 saturated carbocycles. The van der Waals surface area contributed by atoms with Crippen molar-refractivity contribution in [3.63, 3.8) is 0 Å². The van der Waals surface area contributed by atoms with Crippen molar-refractivity contribution in [2.24, 2.45) is 0 Å². The van der Waals surface area contributed by atoms with Gasteiger partial charge in [-0.15, -0.1) is 0 Å². The maximum absolute atomic E-state index is 12.9. The summed E-state index contributed by atoms with van der Waals surface area (Å²) >= 11 is 0. The van der Waals surface area contributed by atoms with E-state index < -0.39 is 10.0 Å². The van der Waals surface area contributed by atoms with E-state index in [1.807, 2.05) is 37.3 Å². The molecule has 1 aromatic heterocycles. The number of sulfonamides is 1. The Morgan fingerprint density at radius 2 is 1.80 bits per heavy atom. The summed E-state index contributed by atoms with van der Waals surface area (Å²) in [6.07, 6.45) is 2.02. The molecule has 0 unspecified atom stereocenters. The van der Waals surface area contributed by atoms with Crippen LogP contribution in [0, 0.1) is 0 Å². The predicted octanol–water partition coefficient (Wildman–Crippen LogP) is 2.29. The number of benzene rings is 2. The highest BCUT2D eigenvalue weighted by Gasteiger charge is 2.31. The van der Waals surface area contributed by atoms with Gasteiger partial charge in [0.05, 0.1) is 23.7 Å². The van der Waals surface area contributed by atoms with Gasteiger partial charge in [-0.25, -0.2) is 27.2 Å². The summed E-state index contributed by atoms with van der Waals surface area (Å²) in [4.78, 5) is 13.1. The van der Waals surface area contributed by atoms with Gasteiger partial charge in [-0.1, -0.05) is 18.2 Å². The van der Waals surface area contributed by atoms with Crippen LogP contribution in [0.1, 0.15) is 31.5 Å². The van der Waals surface area contributed by atoms with Gasteiger partial charge in [0.1, 0.15) is 11.6 Å². The van der Waals surface area contributed by atoms with E-state index in [1.54, 1.807) is 16.7 Å². The van der Waals surface area contributed by atoms with Crippen molar-refractivity contribution in [2.45, 2.75) is 37.1 Å². The average molecular weight is 429 g/mol. The van der Waals surface area contributed by atoms with Crippen LogP contribution in [0.15, 0.2) is 64.3 Å². The third-order valence-corrected chi connectivity index (χ3v) is 6.36. The first-order valence-electron chi connectivity index (χ1n) is 9.97. The summed E-state index contributed by atoms with van der Waals surface area (Å²) in [5, 5.41) is 4.49. The summed E-state index contributed by atoms with van der Waals surface area (Å²) in [5.41, 5.74) is 0.508. The predicted molar refractivity (Wildman–Crippen MR) is 113 cm³/mol. The Balaban J connectivity index is 1.48. The highest BCUT2D eigenvalue weighted by molar-refractivity contribution is 7.89. The van der Waals surface area contributed by atoms with Gasteiger partial charge in [-0.3, -0.25) is 0 Å². The SMILES string of the molecule is CCOc1ccc(S(=O)(=O)NCCn2nc(C3CC3)n(-c3ccccc3)c2=O)cc1. The summed E-state index contributed by atoms with van der Waals surface area (Å²) in [6, 6.07) is 15.6. The molecule has 158 valence electrons. The van der Waals surface area contributed by atoms with Gasteiger partial charge in [0, 0.05) is 12.5 Å². The second-order valence-corrected chi connectivity index (χ2v) is 8.88. The first-order valence-corrected chi connectivity index (χ1v) is 11.5. The zero-order valence-corrected chi connectivity index (χ0v) is 17.5. The molecule has 3 aromatic rings. The summed E-state index contributed by atoms with van der Waals surface area (Å²) in [6.45, 7) is 2.58. The van der Waals surface area contributed by atoms with Crippen LogP contribution in [0.5, 0.6) is 5.75 Å². The molecule has 0 spiro atoms. The number of rotatable bonds is 9. The van der Waals surface area contributed by atoms with E-state index in [0.29, 0.717) is 12.4 Å². The van der Waals surface area contributed by atoms with Gasteiger partial charge in [0.2, 0.25) is 10.0 Å². The number of aromatic nitrogens is 3. The molecule has 9 heteroatoms. The third kappa shape index (κ3) is 4.31. The molecule has 8 nitrogen and oxygen atoms in total. The second kappa shape index (κ2) is 8.45. The Hall–Kier alpha value is -2.91. The molecule has 1 N–H and O–H groups in total. The molecule has 0 amide bonds. The Morgan fingerprint density at radius 1 is 1.10 bits per heavy atom. The Kier molecular flexibility index (Phi) is 5.74. The van der Waals surface area contributed by atoms with E-state index in [1.165, 1.54) is 16.8 Å². The van der Waals surface area contributed by atoms with Gasteiger partial charge in [-0.2, -0.15) is 5.10 Å². The van der Waals surface area contributed by atoms with E-state index in [4.69, 9.17) is 4.74 Å². The van der Waals surface area contributed by atoms with Gasteiger partial charge in [0.15, 0.2) is 0 Å². The lowest BCUT2D eigenvalue weighted by atomic mass is 10.3. The standard InChI is InChI=1S/C21H24N4O4S/c1-2-29-18-10-12-19(13-11-18)30(27,28)22-14-15-24-21(26)25(17-6-4-3-5-7-17)20(23-24)16-8-9-16/h3-7,10-13,16,22H,2,8-9,14-15H2,1H3. The van der Waals surface area contributed by atoms with Crippen LogP contribution in [-0.4, -0.2) is 35.9 Å². The van der Waals surface area contributed by atoms with Gasteiger partial charge in [-0.05, 0) is 56.2 Å². The Labute approximate surface area is 175 Å². The smallest absolute Gasteiger partial charge is 0.350 e. The molecule has 1 heterocycles. The maximum atomic E-state index is 12.9. The number of hydrogen-bond acceptors (Lipinski definition) is 5. The second-order valence-electron chi connectivity index (χ2n) is 7.11. The number of nitrogens with zero attached hydrogens (tertiary/aromatic N) is 3. The van der Waals surface area contributed by atoms with Crippen LogP contribution in [0.25, 0.3) is 5.69 Å². The normalized spacial score (nSPS) is 14.0. The minimum Gasteiger partial charge on any atom is -0.494 e. The first kappa shape index (κ1) is 20.4. The molecule has 0 radical (unpaired) electrons. The van der Waals surface area contributed by atoms with E-state index in [9.17, 15) is 13.2 Å². The van der Waals surface area contributed by atoms with Crippen LogP contribution in [0.2, 0.25) is 0 Å². The van der Waals surface area contributed by atoms with Crippen LogP contribution in [0.4, 0.5) is 0 Å². The van der Waals surface area contributed by atoms with Crippen LogP contribution in [0.3, 0.4) is 0 Å². The summed E-state index contributed by atoms with van der Waals surface area (Å²) in [7, 11) is -3.69. The number of ether oxygens (including phenoxy) is 1. The highest BCUT2D eigenvalue weighted by atomic mass is 32.2. The van der Waals surface area contributed by atoms with Crippen molar-refractivity contribution in [3.05, 3.63) is 70.9 Å². The zero-order valence-electron chi connectivity index (χ0n) is 16.7. The molecule has 1 aliphatic rings. The first-order chi connectivity index (χ1) is 14.5. The van der Waals surface area contributed by atoms with Crippen molar-refractivity contribution in [3.8, 4) is 11.4 Å². The monoisotopic (exact) mass is 428 g/mol. The fourth-order valence-electron chi connectivity index (χ4n) is 3.25. The van der Waals surface area contributed by atoms with Crippen molar-refractivity contribution in [1.29, 1.82) is 0 Å². The quantitative estimate of drug-likeness (QED) is 0.564. The van der Waals surface area contributed by atoms with E-state index in [2.05, 4.69) is 9.82 Å². The van der Waals surface area contributed by atoms with Crippen molar-refractivity contribution >= 4 is 10.0 Å². The van der Waals surface area contributed by atoms with Crippen molar-refractivity contribution in [2.75, 3.05) is 13.2 Å². The van der Waals surface area contributed by atoms with E-state index in [-0.39, 0.29) is 29.6 Å². The molecular weight excluding hydrogens is 404 g/mol. The van der Waals surface area contributed by atoms with E-state index in [0.717, 1.165) is 24.4 Å². The fraction of sp³-hybridized carbons (Fsp3) is 0.333.